The van der Waals surface area contributed by atoms with Crippen molar-refractivity contribution in [2.24, 2.45) is 0 Å². The van der Waals surface area contributed by atoms with Crippen LogP contribution in [0.1, 0.15) is 25.0 Å². The van der Waals surface area contributed by atoms with E-state index in [0.717, 1.165) is 44.6 Å². The van der Waals surface area contributed by atoms with Crippen molar-refractivity contribution in [3.63, 3.8) is 0 Å². The normalized spacial score (nSPS) is 22.7. The maximum atomic E-state index is 13.0. The van der Waals surface area contributed by atoms with E-state index in [-0.39, 0.29) is 0 Å². The lowest BCUT2D eigenvalue weighted by atomic mass is 9.85. The molecular weight excluding hydrogens is 314 g/mol. The van der Waals surface area contributed by atoms with E-state index in [1.54, 1.807) is 17.6 Å². The highest BCUT2D eigenvalue weighted by molar-refractivity contribution is 7.90. The Morgan fingerprint density at radius 1 is 1.22 bits per heavy atom. The molecule has 0 atom stereocenters. The molecule has 2 heterocycles. The summed E-state index contributed by atoms with van der Waals surface area (Å²) in [4.78, 5) is 6.60. The lowest BCUT2D eigenvalue weighted by Gasteiger charge is -2.45. The summed E-state index contributed by atoms with van der Waals surface area (Å²) >= 11 is 0. The van der Waals surface area contributed by atoms with Crippen LogP contribution in [0.5, 0.6) is 0 Å². The summed E-state index contributed by atoms with van der Waals surface area (Å²) < 4.78 is 32.1. The van der Waals surface area contributed by atoms with Crippen molar-refractivity contribution in [2.45, 2.75) is 30.6 Å². The van der Waals surface area contributed by atoms with Crippen LogP contribution in [0.25, 0.3) is 0 Å². The Bertz CT molecular complexity index is 609. The number of hydrogen-bond acceptors (Lipinski definition) is 5. The lowest BCUT2D eigenvalue weighted by Crippen LogP contribution is -2.59. The van der Waals surface area contributed by atoms with E-state index in [1.165, 1.54) is 0 Å². The van der Waals surface area contributed by atoms with Crippen LogP contribution in [0.15, 0.2) is 24.4 Å². The van der Waals surface area contributed by atoms with E-state index in [2.05, 4.69) is 9.88 Å². The van der Waals surface area contributed by atoms with Crippen LogP contribution in [0, 0.1) is 0 Å². The van der Waals surface area contributed by atoms with Crippen molar-refractivity contribution >= 4 is 10.0 Å². The maximum Gasteiger partial charge on any atom is 0.222 e. The van der Waals surface area contributed by atoms with Crippen LogP contribution in [-0.4, -0.2) is 67.2 Å². The number of methoxy groups -OCH3 is 1. The molecule has 0 N–H and O–H groups in total. The van der Waals surface area contributed by atoms with Crippen molar-refractivity contribution in [1.82, 2.24) is 14.2 Å². The van der Waals surface area contributed by atoms with Gasteiger partial charge in [0, 0.05) is 46.0 Å². The van der Waals surface area contributed by atoms with Gasteiger partial charge in [-0.1, -0.05) is 12.5 Å². The molecule has 0 amide bonds. The number of sulfonamides is 1. The average Bonchev–Trinajstić information content (AvgIpc) is 2.52. The average molecular weight is 339 g/mol. The third-order valence-corrected chi connectivity index (χ3v) is 7.67. The van der Waals surface area contributed by atoms with Crippen LogP contribution in [0.2, 0.25) is 0 Å². The Balaban J connectivity index is 1.60. The number of nitrogens with zero attached hydrogens (tertiary/aromatic N) is 3. The standard InChI is InChI=1S/C16H25N3O3S/c1-22-14-16(6-4-7-16)23(20,21)19-11-9-18(10-12-19)13-15-5-2-3-8-17-15/h2-3,5,8H,4,6-7,9-14H2,1H3. The zero-order valence-electron chi connectivity index (χ0n) is 13.6. The van der Waals surface area contributed by atoms with Gasteiger partial charge in [-0.25, -0.2) is 8.42 Å². The van der Waals surface area contributed by atoms with E-state index in [9.17, 15) is 8.42 Å². The molecular formula is C16H25N3O3S. The summed E-state index contributed by atoms with van der Waals surface area (Å²) in [5.74, 6) is 0. The van der Waals surface area contributed by atoms with Gasteiger partial charge in [0.2, 0.25) is 10.0 Å². The molecule has 1 aromatic rings. The first kappa shape index (κ1) is 16.8. The number of piperazine rings is 1. The van der Waals surface area contributed by atoms with Crippen molar-refractivity contribution in [1.29, 1.82) is 0 Å². The predicted octanol–water partition coefficient (Wildman–Crippen LogP) is 1.10. The molecule has 0 spiro atoms. The molecule has 1 aliphatic carbocycles. The summed E-state index contributed by atoms with van der Waals surface area (Å²) in [6, 6.07) is 5.89. The first-order chi connectivity index (χ1) is 11.1. The molecule has 3 rings (SSSR count). The largest absolute Gasteiger partial charge is 0.383 e. The van der Waals surface area contributed by atoms with E-state index >= 15 is 0 Å². The number of hydrogen-bond donors (Lipinski definition) is 0. The summed E-state index contributed by atoms with van der Waals surface area (Å²) in [5, 5.41) is 0. The van der Waals surface area contributed by atoms with Gasteiger partial charge in [0.05, 0.1) is 12.3 Å². The Morgan fingerprint density at radius 2 is 1.96 bits per heavy atom. The number of rotatable bonds is 6. The number of pyridine rings is 1. The molecule has 6 nitrogen and oxygen atoms in total. The van der Waals surface area contributed by atoms with Gasteiger partial charge in [-0.3, -0.25) is 9.88 Å². The van der Waals surface area contributed by atoms with Crippen LogP contribution in [0.3, 0.4) is 0 Å². The third-order valence-electron chi connectivity index (χ3n) is 5.00. The zero-order valence-corrected chi connectivity index (χ0v) is 14.5. The van der Waals surface area contributed by atoms with Crippen molar-refractivity contribution in [3.8, 4) is 0 Å². The lowest BCUT2D eigenvalue weighted by molar-refractivity contribution is 0.116. The molecule has 2 aliphatic rings. The van der Waals surface area contributed by atoms with Crippen LogP contribution < -0.4 is 0 Å². The Labute approximate surface area is 138 Å². The van der Waals surface area contributed by atoms with E-state index in [0.29, 0.717) is 19.7 Å². The third kappa shape index (κ3) is 3.28. The van der Waals surface area contributed by atoms with Gasteiger partial charge in [0.1, 0.15) is 4.75 Å². The van der Waals surface area contributed by atoms with Gasteiger partial charge < -0.3 is 4.74 Å². The highest BCUT2D eigenvalue weighted by Gasteiger charge is 2.52. The fourth-order valence-electron chi connectivity index (χ4n) is 3.43. The molecule has 0 radical (unpaired) electrons. The molecule has 23 heavy (non-hydrogen) atoms. The molecule has 7 heteroatoms. The molecule has 1 saturated heterocycles. The van der Waals surface area contributed by atoms with E-state index in [1.807, 2.05) is 18.2 Å². The van der Waals surface area contributed by atoms with Crippen LogP contribution in [0.4, 0.5) is 0 Å². The zero-order chi connectivity index (χ0) is 16.3. The topological polar surface area (TPSA) is 62.7 Å². The second-order valence-electron chi connectivity index (χ2n) is 6.47. The fourth-order valence-corrected chi connectivity index (χ4v) is 5.70. The first-order valence-corrected chi connectivity index (χ1v) is 9.62. The van der Waals surface area contributed by atoms with Gasteiger partial charge in [-0.2, -0.15) is 4.31 Å². The van der Waals surface area contributed by atoms with Gasteiger partial charge in [0.15, 0.2) is 0 Å². The Hall–Kier alpha value is -1.02. The van der Waals surface area contributed by atoms with Crippen molar-refractivity contribution < 1.29 is 13.2 Å². The minimum absolute atomic E-state index is 0.309. The SMILES string of the molecule is COCC1(S(=O)(=O)N2CCN(Cc3ccccn3)CC2)CCC1. The second kappa shape index (κ2) is 6.84. The summed E-state index contributed by atoms with van der Waals surface area (Å²) in [6.45, 7) is 3.69. The first-order valence-electron chi connectivity index (χ1n) is 8.18. The van der Waals surface area contributed by atoms with Crippen LogP contribution >= 0.6 is 0 Å². The molecule has 0 unspecified atom stereocenters. The van der Waals surface area contributed by atoms with Crippen molar-refractivity contribution in [3.05, 3.63) is 30.1 Å². The van der Waals surface area contributed by atoms with Gasteiger partial charge in [-0.15, -0.1) is 0 Å². The second-order valence-corrected chi connectivity index (χ2v) is 8.80. The molecule has 0 bridgehead atoms. The molecule has 128 valence electrons. The monoisotopic (exact) mass is 339 g/mol. The highest BCUT2D eigenvalue weighted by atomic mass is 32.2. The van der Waals surface area contributed by atoms with Crippen LogP contribution in [-0.2, 0) is 21.3 Å². The molecule has 1 saturated carbocycles. The molecule has 2 fully saturated rings. The maximum absolute atomic E-state index is 13.0. The predicted molar refractivity (Wildman–Crippen MR) is 88.5 cm³/mol. The number of aromatic nitrogens is 1. The Kier molecular flexibility index (Phi) is 5.01. The highest BCUT2D eigenvalue weighted by Crippen LogP contribution is 2.41. The molecule has 0 aromatic carbocycles. The van der Waals surface area contributed by atoms with Gasteiger partial charge >= 0.3 is 0 Å². The minimum Gasteiger partial charge on any atom is -0.383 e. The van der Waals surface area contributed by atoms with E-state index in [4.69, 9.17) is 4.74 Å². The summed E-state index contributed by atoms with van der Waals surface area (Å²) in [7, 11) is -1.70. The summed E-state index contributed by atoms with van der Waals surface area (Å²) in [5.41, 5.74) is 1.03. The quantitative estimate of drug-likeness (QED) is 0.777. The fraction of sp³-hybridized carbons (Fsp3) is 0.688. The van der Waals surface area contributed by atoms with Gasteiger partial charge in [0.25, 0.3) is 0 Å². The van der Waals surface area contributed by atoms with Gasteiger partial charge in [-0.05, 0) is 25.0 Å². The van der Waals surface area contributed by atoms with Crippen molar-refractivity contribution in [2.75, 3.05) is 39.9 Å². The van der Waals surface area contributed by atoms with E-state index < -0.39 is 14.8 Å². The number of ether oxygens (including phenoxy) is 1. The molecule has 1 aliphatic heterocycles. The Morgan fingerprint density at radius 3 is 2.48 bits per heavy atom. The smallest absolute Gasteiger partial charge is 0.222 e. The summed E-state index contributed by atoms with van der Waals surface area (Å²) in [6.07, 6.45) is 4.21. The molecule has 1 aromatic heterocycles. The minimum atomic E-state index is -3.28.